The molecule has 0 saturated heterocycles. The van der Waals surface area contributed by atoms with Crippen molar-refractivity contribution >= 4 is 10.0 Å². The molecule has 1 N–H and O–H groups in total. The van der Waals surface area contributed by atoms with E-state index < -0.39 is 10.0 Å². The van der Waals surface area contributed by atoms with E-state index in [0.29, 0.717) is 0 Å². The molecule has 0 aromatic heterocycles. The third-order valence-corrected chi connectivity index (χ3v) is 5.65. The quantitative estimate of drug-likeness (QED) is 0.784. The fraction of sp³-hybridized carbons (Fsp3) is 0.368. The van der Waals surface area contributed by atoms with E-state index >= 15 is 0 Å². The van der Waals surface area contributed by atoms with Crippen LogP contribution in [-0.4, -0.2) is 41.1 Å². The first-order valence-electron chi connectivity index (χ1n) is 8.26. The molecule has 136 valence electrons. The van der Waals surface area contributed by atoms with Crippen molar-refractivity contribution in [2.24, 2.45) is 0 Å². The molecular formula is C19H26N2O3S. The number of ether oxygens (including phenoxy) is 1. The Balaban J connectivity index is 2.16. The summed E-state index contributed by atoms with van der Waals surface area (Å²) < 4.78 is 33.1. The number of aryl methyl sites for hydroxylation is 1. The summed E-state index contributed by atoms with van der Waals surface area (Å²) >= 11 is 0. The van der Waals surface area contributed by atoms with E-state index in [0.717, 1.165) is 23.3 Å². The molecule has 0 heterocycles. The smallest absolute Gasteiger partial charge is 0.240 e. The van der Waals surface area contributed by atoms with Gasteiger partial charge in [-0.25, -0.2) is 13.1 Å². The van der Waals surface area contributed by atoms with Gasteiger partial charge in [-0.05, 0) is 55.9 Å². The molecule has 0 aliphatic rings. The first-order valence-corrected chi connectivity index (χ1v) is 9.74. The highest BCUT2D eigenvalue weighted by molar-refractivity contribution is 7.89. The maximum absolute atomic E-state index is 12.6. The number of likely N-dealkylation sites (N-methyl/N-ethyl adjacent to an activating group) is 1. The predicted molar refractivity (Wildman–Crippen MR) is 100 cm³/mol. The first kappa shape index (κ1) is 19.4. The largest absolute Gasteiger partial charge is 0.497 e. The Hall–Kier alpha value is -1.89. The number of sulfonamides is 1. The monoisotopic (exact) mass is 362 g/mol. The van der Waals surface area contributed by atoms with Gasteiger partial charge in [0.25, 0.3) is 0 Å². The van der Waals surface area contributed by atoms with Crippen molar-refractivity contribution in [3.63, 3.8) is 0 Å². The number of hydrogen-bond donors (Lipinski definition) is 1. The second-order valence-electron chi connectivity index (χ2n) is 6.11. The van der Waals surface area contributed by atoms with Crippen LogP contribution in [0.2, 0.25) is 0 Å². The van der Waals surface area contributed by atoms with Crippen LogP contribution in [0.3, 0.4) is 0 Å². The van der Waals surface area contributed by atoms with E-state index in [-0.39, 0.29) is 17.5 Å². The lowest BCUT2D eigenvalue weighted by molar-refractivity contribution is 0.298. The van der Waals surface area contributed by atoms with Crippen molar-refractivity contribution in [3.8, 4) is 5.75 Å². The average molecular weight is 362 g/mol. The molecule has 2 rings (SSSR count). The van der Waals surface area contributed by atoms with Crippen LogP contribution in [0.1, 0.15) is 24.1 Å². The maximum atomic E-state index is 12.6. The van der Waals surface area contributed by atoms with Gasteiger partial charge in [-0.2, -0.15) is 0 Å². The molecule has 2 aromatic carbocycles. The first-order chi connectivity index (χ1) is 11.9. The van der Waals surface area contributed by atoms with Gasteiger partial charge in [-0.3, -0.25) is 0 Å². The van der Waals surface area contributed by atoms with Gasteiger partial charge >= 0.3 is 0 Å². The summed E-state index contributed by atoms with van der Waals surface area (Å²) in [5.74, 6) is 0.752. The van der Waals surface area contributed by atoms with Gasteiger partial charge in [0, 0.05) is 12.6 Å². The van der Waals surface area contributed by atoms with Crippen LogP contribution < -0.4 is 9.46 Å². The van der Waals surface area contributed by atoms with Crippen molar-refractivity contribution in [2.75, 3.05) is 27.7 Å². The van der Waals surface area contributed by atoms with Crippen LogP contribution in [0, 0.1) is 0 Å². The van der Waals surface area contributed by atoms with Gasteiger partial charge in [0.05, 0.1) is 12.0 Å². The molecule has 0 aliphatic carbocycles. The van der Waals surface area contributed by atoms with Crippen molar-refractivity contribution in [1.29, 1.82) is 0 Å². The third kappa shape index (κ3) is 5.04. The van der Waals surface area contributed by atoms with E-state index in [9.17, 15) is 8.42 Å². The molecule has 0 bridgehead atoms. The molecular weight excluding hydrogens is 336 g/mol. The average Bonchev–Trinajstić information content (AvgIpc) is 2.61. The molecule has 0 radical (unpaired) electrons. The molecule has 25 heavy (non-hydrogen) atoms. The molecule has 0 fully saturated rings. The lowest BCUT2D eigenvalue weighted by Gasteiger charge is -2.25. The van der Waals surface area contributed by atoms with Gasteiger partial charge in [0.2, 0.25) is 10.0 Å². The highest BCUT2D eigenvalue weighted by Crippen LogP contribution is 2.22. The Kier molecular flexibility index (Phi) is 6.58. The number of nitrogens with one attached hydrogen (secondary N) is 1. The Morgan fingerprint density at radius 2 is 1.80 bits per heavy atom. The van der Waals surface area contributed by atoms with Gasteiger partial charge < -0.3 is 9.64 Å². The molecule has 0 aliphatic heterocycles. The van der Waals surface area contributed by atoms with E-state index in [4.69, 9.17) is 4.74 Å². The summed E-state index contributed by atoms with van der Waals surface area (Å²) in [6.07, 6.45) is 0.881. The Morgan fingerprint density at radius 1 is 1.12 bits per heavy atom. The van der Waals surface area contributed by atoms with Crippen molar-refractivity contribution in [2.45, 2.75) is 24.3 Å². The molecule has 1 atom stereocenters. The molecule has 0 amide bonds. The molecule has 0 saturated carbocycles. The van der Waals surface area contributed by atoms with Crippen LogP contribution in [0.5, 0.6) is 5.75 Å². The van der Waals surface area contributed by atoms with Crippen LogP contribution in [-0.2, 0) is 16.4 Å². The molecule has 6 heteroatoms. The van der Waals surface area contributed by atoms with Crippen LogP contribution in [0.15, 0.2) is 53.4 Å². The zero-order chi connectivity index (χ0) is 18.4. The standard InChI is InChI=1S/C19H26N2O3S/c1-5-15-9-11-18(12-10-15)25(22,23)20-14-19(21(2)3)16-7-6-8-17(13-16)24-4/h6-13,19-20H,5,14H2,1-4H3. The fourth-order valence-electron chi connectivity index (χ4n) is 2.62. The molecule has 1 unspecified atom stereocenters. The lowest BCUT2D eigenvalue weighted by Crippen LogP contribution is -2.34. The van der Waals surface area contributed by atoms with Crippen molar-refractivity contribution < 1.29 is 13.2 Å². The summed E-state index contributed by atoms with van der Waals surface area (Å²) in [5, 5.41) is 0. The lowest BCUT2D eigenvalue weighted by atomic mass is 10.1. The molecule has 5 nitrogen and oxygen atoms in total. The minimum Gasteiger partial charge on any atom is -0.497 e. The van der Waals surface area contributed by atoms with Gasteiger partial charge in [-0.15, -0.1) is 0 Å². The van der Waals surface area contributed by atoms with E-state index in [2.05, 4.69) is 4.72 Å². The summed E-state index contributed by atoms with van der Waals surface area (Å²) in [7, 11) is 1.92. The zero-order valence-electron chi connectivity index (χ0n) is 15.2. The number of benzene rings is 2. The topological polar surface area (TPSA) is 58.6 Å². The Morgan fingerprint density at radius 3 is 2.36 bits per heavy atom. The van der Waals surface area contributed by atoms with E-state index in [1.54, 1.807) is 19.2 Å². The molecule has 2 aromatic rings. The van der Waals surface area contributed by atoms with E-state index in [1.807, 2.05) is 62.3 Å². The number of rotatable bonds is 8. The Bertz CT molecular complexity index is 787. The van der Waals surface area contributed by atoms with E-state index in [1.165, 1.54) is 0 Å². The normalized spacial score (nSPS) is 13.0. The van der Waals surface area contributed by atoms with Gasteiger partial charge in [-0.1, -0.05) is 31.2 Å². The van der Waals surface area contributed by atoms with Gasteiger partial charge in [0.1, 0.15) is 5.75 Å². The summed E-state index contributed by atoms with van der Waals surface area (Å²) in [4.78, 5) is 2.27. The highest BCUT2D eigenvalue weighted by atomic mass is 32.2. The SMILES string of the molecule is CCc1ccc(S(=O)(=O)NCC(c2cccc(OC)c2)N(C)C)cc1. The van der Waals surface area contributed by atoms with Crippen molar-refractivity contribution in [3.05, 3.63) is 59.7 Å². The number of hydrogen-bond acceptors (Lipinski definition) is 4. The summed E-state index contributed by atoms with van der Waals surface area (Å²) in [6.45, 7) is 2.32. The Labute approximate surface area is 150 Å². The fourth-order valence-corrected chi connectivity index (χ4v) is 3.66. The molecule has 0 spiro atoms. The van der Waals surface area contributed by atoms with Crippen LogP contribution in [0.25, 0.3) is 0 Å². The third-order valence-electron chi connectivity index (χ3n) is 4.21. The predicted octanol–water partition coefficient (Wildman–Crippen LogP) is 2.84. The number of nitrogens with zero attached hydrogens (tertiary/aromatic N) is 1. The van der Waals surface area contributed by atoms with Crippen LogP contribution in [0.4, 0.5) is 0 Å². The summed E-state index contributed by atoms with van der Waals surface area (Å²) in [5.41, 5.74) is 2.11. The minimum absolute atomic E-state index is 0.0974. The maximum Gasteiger partial charge on any atom is 0.240 e. The minimum atomic E-state index is -3.55. The second kappa shape index (κ2) is 8.47. The van der Waals surface area contributed by atoms with Crippen molar-refractivity contribution in [1.82, 2.24) is 9.62 Å². The number of methoxy groups -OCH3 is 1. The van der Waals surface area contributed by atoms with Gasteiger partial charge in [0.15, 0.2) is 0 Å². The highest BCUT2D eigenvalue weighted by Gasteiger charge is 2.20. The zero-order valence-corrected chi connectivity index (χ0v) is 16.0. The van der Waals surface area contributed by atoms with Crippen LogP contribution >= 0.6 is 0 Å². The summed E-state index contributed by atoms with van der Waals surface area (Å²) in [6, 6.07) is 14.6. The second-order valence-corrected chi connectivity index (χ2v) is 7.87.